The van der Waals surface area contributed by atoms with Gasteiger partial charge in [0.1, 0.15) is 34.5 Å². The highest BCUT2D eigenvalue weighted by Crippen LogP contribution is 2.45. The van der Waals surface area contributed by atoms with E-state index in [2.05, 4.69) is 4.98 Å². The van der Waals surface area contributed by atoms with E-state index in [1.807, 2.05) is 6.07 Å². The van der Waals surface area contributed by atoms with Crippen molar-refractivity contribution in [2.24, 2.45) is 0 Å². The molecule has 8 nitrogen and oxygen atoms in total. The fourth-order valence-electron chi connectivity index (χ4n) is 4.80. The minimum absolute atomic E-state index is 0.0417. The summed E-state index contributed by atoms with van der Waals surface area (Å²) in [7, 11) is 1.54. The normalized spacial score (nSPS) is 15.0. The Hall–Kier alpha value is -4.85. The van der Waals surface area contributed by atoms with Gasteiger partial charge in [0.2, 0.25) is 5.43 Å². The van der Waals surface area contributed by atoms with Gasteiger partial charge in [-0.15, -0.1) is 0 Å². The van der Waals surface area contributed by atoms with Crippen LogP contribution in [0, 0.1) is 0 Å². The predicted octanol–water partition coefficient (Wildman–Crippen LogP) is 4.46. The molecule has 6 rings (SSSR count). The minimum Gasteiger partial charge on any atom is -0.507 e. The molecule has 3 aromatic carbocycles. The van der Waals surface area contributed by atoms with E-state index in [4.69, 9.17) is 13.9 Å². The number of hydrogen-bond donors (Lipinski definition) is 2. The lowest BCUT2D eigenvalue weighted by Crippen LogP contribution is -2.26. The molecule has 1 aliphatic rings. The molecule has 36 heavy (non-hydrogen) atoms. The Morgan fingerprint density at radius 3 is 2.61 bits per heavy atom. The summed E-state index contributed by atoms with van der Waals surface area (Å²) in [5.74, 6) is -1.06. The molecule has 8 heteroatoms. The van der Waals surface area contributed by atoms with Gasteiger partial charge in [0.15, 0.2) is 0 Å². The number of esters is 1. The van der Waals surface area contributed by atoms with E-state index in [0.29, 0.717) is 28.0 Å². The third-order valence-electron chi connectivity index (χ3n) is 6.51. The molecule has 0 radical (unpaired) electrons. The van der Waals surface area contributed by atoms with Gasteiger partial charge in [0.05, 0.1) is 24.6 Å². The first-order valence-electron chi connectivity index (χ1n) is 11.2. The Labute approximate surface area is 203 Å². The molecule has 0 bridgehead atoms. The zero-order chi connectivity index (χ0) is 25.0. The number of methoxy groups -OCH3 is 1. The maximum Gasteiger partial charge on any atom is 0.312 e. The lowest BCUT2D eigenvalue weighted by atomic mass is 9.85. The van der Waals surface area contributed by atoms with Gasteiger partial charge in [-0.2, -0.15) is 0 Å². The maximum absolute atomic E-state index is 13.4. The number of benzene rings is 3. The first-order valence-corrected chi connectivity index (χ1v) is 11.2. The lowest BCUT2D eigenvalue weighted by Gasteiger charge is -2.25. The lowest BCUT2D eigenvalue weighted by molar-refractivity contribution is -0.135. The number of aromatic amines is 1. The van der Waals surface area contributed by atoms with E-state index >= 15 is 0 Å². The van der Waals surface area contributed by atoms with Crippen LogP contribution in [0.5, 0.6) is 17.2 Å². The first-order chi connectivity index (χ1) is 17.4. The van der Waals surface area contributed by atoms with E-state index in [1.54, 1.807) is 48.5 Å². The summed E-state index contributed by atoms with van der Waals surface area (Å²) in [5, 5.41) is 11.4. The van der Waals surface area contributed by atoms with Crippen molar-refractivity contribution >= 4 is 27.8 Å². The van der Waals surface area contributed by atoms with Gasteiger partial charge in [-0.05, 0) is 29.1 Å². The third kappa shape index (κ3) is 3.34. The molecule has 0 aliphatic carbocycles. The minimum atomic E-state index is -0.759. The van der Waals surface area contributed by atoms with Crippen LogP contribution in [-0.2, 0) is 4.79 Å². The highest BCUT2D eigenvalue weighted by atomic mass is 16.5. The van der Waals surface area contributed by atoms with Gasteiger partial charge in [-0.1, -0.05) is 30.3 Å². The molecule has 5 aromatic rings. The molecule has 0 saturated carbocycles. The Kier molecular flexibility index (Phi) is 4.89. The van der Waals surface area contributed by atoms with E-state index in [-0.39, 0.29) is 34.5 Å². The van der Waals surface area contributed by atoms with Crippen molar-refractivity contribution in [3.05, 3.63) is 98.6 Å². The van der Waals surface area contributed by atoms with Crippen molar-refractivity contribution in [1.29, 1.82) is 0 Å². The van der Waals surface area contributed by atoms with Crippen LogP contribution in [0.1, 0.15) is 23.5 Å². The van der Waals surface area contributed by atoms with E-state index in [0.717, 1.165) is 5.39 Å². The number of hydrogen-bond acceptors (Lipinski definition) is 7. The quantitative estimate of drug-likeness (QED) is 0.289. The summed E-state index contributed by atoms with van der Waals surface area (Å²) < 4.78 is 16.5. The summed E-state index contributed by atoms with van der Waals surface area (Å²) in [6.45, 7) is 0. The fourth-order valence-corrected chi connectivity index (χ4v) is 4.80. The van der Waals surface area contributed by atoms with Gasteiger partial charge in [-0.3, -0.25) is 14.4 Å². The monoisotopic (exact) mass is 481 g/mol. The number of aromatic nitrogens is 1. The zero-order valence-electron chi connectivity index (χ0n) is 19.0. The number of carbonyl (C=O) groups is 1. The smallest absolute Gasteiger partial charge is 0.312 e. The third-order valence-corrected chi connectivity index (χ3v) is 6.51. The van der Waals surface area contributed by atoms with Crippen LogP contribution >= 0.6 is 0 Å². The van der Waals surface area contributed by atoms with E-state index < -0.39 is 22.9 Å². The van der Waals surface area contributed by atoms with Crippen LogP contribution in [0.3, 0.4) is 0 Å². The van der Waals surface area contributed by atoms with Crippen LogP contribution in [0.2, 0.25) is 0 Å². The molecule has 0 amide bonds. The molecular formula is C28H19NO7. The molecule has 1 aliphatic heterocycles. The summed E-state index contributed by atoms with van der Waals surface area (Å²) in [5.41, 5.74) is 1.40. The Balaban J connectivity index is 1.61. The molecule has 0 saturated heterocycles. The number of fused-ring (bicyclic) bond motifs is 4. The Morgan fingerprint density at radius 1 is 1.03 bits per heavy atom. The number of H-pyrrole nitrogens is 1. The van der Waals surface area contributed by atoms with E-state index in [9.17, 15) is 19.5 Å². The number of aromatic hydroxyl groups is 1. The number of phenols is 1. The van der Waals surface area contributed by atoms with Crippen molar-refractivity contribution in [3.63, 3.8) is 0 Å². The standard InChI is InChI=1S/C28H19NO7/c1-34-16-8-7-15-9-18(28(33)29-20(15)10-16)17-11-23(31)36-22-12-21(30)25-26(32)19(13-35-27(25)24(17)22)14-5-3-2-4-6-14/h2-10,12-13,17,30H,11H2,1H3,(H,29,33)/t17-/m1/s1. The predicted molar refractivity (Wildman–Crippen MR) is 133 cm³/mol. The molecule has 1 atom stereocenters. The number of nitrogens with one attached hydrogen (secondary N) is 1. The number of phenolic OH excluding ortho intramolecular Hbond substituents is 1. The van der Waals surface area contributed by atoms with Crippen molar-refractivity contribution in [2.45, 2.75) is 12.3 Å². The highest BCUT2D eigenvalue weighted by Gasteiger charge is 2.35. The Bertz CT molecular complexity index is 1800. The summed E-state index contributed by atoms with van der Waals surface area (Å²) in [6.07, 6.45) is 1.19. The van der Waals surface area contributed by atoms with Gasteiger partial charge in [0, 0.05) is 29.2 Å². The second kappa shape index (κ2) is 8.13. The average Bonchev–Trinajstić information content (AvgIpc) is 2.87. The molecule has 0 unspecified atom stereocenters. The largest absolute Gasteiger partial charge is 0.507 e. The Morgan fingerprint density at radius 2 is 1.83 bits per heavy atom. The molecule has 2 N–H and O–H groups in total. The van der Waals surface area contributed by atoms with Crippen molar-refractivity contribution in [1.82, 2.24) is 4.98 Å². The molecule has 178 valence electrons. The fraction of sp³-hybridized carbons (Fsp3) is 0.107. The number of pyridine rings is 1. The second-order valence-corrected chi connectivity index (χ2v) is 8.59. The second-order valence-electron chi connectivity index (χ2n) is 8.59. The van der Waals surface area contributed by atoms with Crippen LogP contribution in [0.4, 0.5) is 0 Å². The molecule has 3 heterocycles. The van der Waals surface area contributed by atoms with Crippen LogP contribution in [0.25, 0.3) is 33.0 Å². The maximum atomic E-state index is 13.4. The van der Waals surface area contributed by atoms with Crippen LogP contribution < -0.4 is 20.5 Å². The van der Waals surface area contributed by atoms with Crippen molar-refractivity contribution in [3.8, 4) is 28.4 Å². The molecular weight excluding hydrogens is 462 g/mol. The molecule has 0 spiro atoms. The zero-order valence-corrected chi connectivity index (χ0v) is 19.0. The SMILES string of the molecule is COc1ccc2cc([C@H]3CC(=O)Oc4cc(O)c5c(=O)c(-c6ccccc6)coc5c43)c(=O)[nH]c2c1. The van der Waals surface area contributed by atoms with Gasteiger partial charge >= 0.3 is 5.97 Å². The topological polar surface area (TPSA) is 119 Å². The molecule has 0 fully saturated rings. The summed E-state index contributed by atoms with van der Waals surface area (Å²) in [6, 6.07) is 17.2. The van der Waals surface area contributed by atoms with Crippen molar-refractivity contribution < 1.29 is 23.8 Å². The van der Waals surface area contributed by atoms with E-state index in [1.165, 1.54) is 19.4 Å². The van der Waals surface area contributed by atoms with Gasteiger partial charge < -0.3 is 24.0 Å². The van der Waals surface area contributed by atoms with Crippen LogP contribution in [-0.4, -0.2) is 23.2 Å². The highest BCUT2D eigenvalue weighted by molar-refractivity contribution is 5.94. The average molecular weight is 481 g/mol. The van der Waals surface area contributed by atoms with Gasteiger partial charge in [-0.25, -0.2) is 0 Å². The van der Waals surface area contributed by atoms with Gasteiger partial charge in [0.25, 0.3) is 5.56 Å². The summed E-state index contributed by atoms with van der Waals surface area (Å²) >= 11 is 0. The number of ether oxygens (including phenoxy) is 2. The number of carbonyl (C=O) groups excluding carboxylic acids is 1. The molecule has 2 aromatic heterocycles. The number of rotatable bonds is 3. The van der Waals surface area contributed by atoms with Crippen molar-refractivity contribution in [2.75, 3.05) is 7.11 Å². The van der Waals surface area contributed by atoms with Crippen LogP contribution in [0.15, 0.2) is 80.9 Å². The summed E-state index contributed by atoms with van der Waals surface area (Å²) in [4.78, 5) is 41.9. The first kappa shape index (κ1) is 21.7.